The summed E-state index contributed by atoms with van der Waals surface area (Å²) in [5.41, 5.74) is 7.82. The first-order valence-electron chi connectivity index (χ1n) is 6.17. The zero-order valence-electron chi connectivity index (χ0n) is 11.5. The van der Waals surface area contributed by atoms with Crippen molar-refractivity contribution in [1.29, 1.82) is 0 Å². The number of fused-ring (bicyclic) bond motifs is 1. The number of benzene rings is 1. The fourth-order valence-electron chi connectivity index (χ4n) is 1.88. The summed E-state index contributed by atoms with van der Waals surface area (Å²) in [4.78, 5) is 9.26. The van der Waals surface area contributed by atoms with Gasteiger partial charge in [0.2, 0.25) is 9.84 Å². The molecule has 0 unspecified atom stereocenters. The van der Waals surface area contributed by atoms with Gasteiger partial charge in [-0.25, -0.2) is 13.4 Å². The van der Waals surface area contributed by atoms with Gasteiger partial charge in [0.1, 0.15) is 16.3 Å². The maximum atomic E-state index is 12.4. The molecule has 3 rings (SSSR count). The Balaban J connectivity index is 1.99. The number of sulfone groups is 1. The van der Waals surface area contributed by atoms with Crippen molar-refractivity contribution in [2.24, 2.45) is 0 Å². The number of rotatable bonds is 3. The van der Waals surface area contributed by atoms with Gasteiger partial charge in [-0.05, 0) is 32.0 Å². The Kier molecular flexibility index (Phi) is 3.22. The molecule has 0 aliphatic heterocycles. The molecule has 3 aromatic rings. The Morgan fingerprint density at radius 1 is 1.29 bits per heavy atom. The molecule has 0 aliphatic carbocycles. The Morgan fingerprint density at radius 2 is 2.05 bits per heavy atom. The van der Waals surface area contributed by atoms with E-state index in [4.69, 9.17) is 10.2 Å². The second kappa shape index (κ2) is 4.81. The molecule has 2 N–H and O–H groups in total. The molecule has 0 radical (unpaired) electrons. The average Bonchev–Trinajstić information content (AvgIpc) is 2.93. The third-order valence-corrected chi connectivity index (χ3v) is 5.66. The third kappa shape index (κ3) is 2.64. The number of thiazole rings is 1. The standard InChI is InChI=1S/C13H13N3O3S2/c1-7-8(2)20-12(15-7)6-21(17,18)13-16-10-5-9(14)3-4-11(10)19-13/h3-5H,6,14H2,1-2H3. The van der Waals surface area contributed by atoms with Crippen molar-refractivity contribution in [3.8, 4) is 0 Å². The topological polar surface area (TPSA) is 99.1 Å². The minimum absolute atomic E-state index is 0.214. The van der Waals surface area contributed by atoms with Crippen molar-refractivity contribution < 1.29 is 12.8 Å². The molecule has 2 heterocycles. The Hall–Kier alpha value is -1.93. The van der Waals surface area contributed by atoms with E-state index in [9.17, 15) is 8.42 Å². The molecular weight excluding hydrogens is 310 g/mol. The van der Waals surface area contributed by atoms with Crippen LogP contribution in [0.2, 0.25) is 0 Å². The Labute approximate surface area is 125 Å². The van der Waals surface area contributed by atoms with Crippen LogP contribution >= 0.6 is 11.3 Å². The molecule has 0 saturated heterocycles. The van der Waals surface area contributed by atoms with Crippen LogP contribution in [0.1, 0.15) is 15.6 Å². The summed E-state index contributed by atoms with van der Waals surface area (Å²) in [6.07, 6.45) is 0. The molecule has 0 bridgehead atoms. The molecule has 0 saturated carbocycles. The lowest BCUT2D eigenvalue weighted by Gasteiger charge is -1.95. The van der Waals surface area contributed by atoms with Crippen molar-refractivity contribution in [2.45, 2.75) is 24.8 Å². The third-order valence-electron chi connectivity index (χ3n) is 3.04. The van der Waals surface area contributed by atoms with Gasteiger partial charge in [0, 0.05) is 10.6 Å². The number of nitrogen functional groups attached to an aromatic ring is 1. The molecule has 0 aliphatic rings. The van der Waals surface area contributed by atoms with Crippen molar-refractivity contribution in [1.82, 2.24) is 9.97 Å². The van der Waals surface area contributed by atoms with Crippen molar-refractivity contribution in [2.75, 3.05) is 5.73 Å². The van der Waals surface area contributed by atoms with Crippen LogP contribution in [0.15, 0.2) is 27.8 Å². The van der Waals surface area contributed by atoms with Crippen LogP contribution in [0.3, 0.4) is 0 Å². The SMILES string of the molecule is Cc1nc(CS(=O)(=O)c2nc3cc(N)ccc3o2)sc1C. The lowest BCUT2D eigenvalue weighted by Crippen LogP contribution is -2.05. The molecule has 110 valence electrons. The number of hydrogen-bond donors (Lipinski definition) is 1. The predicted octanol–water partition coefficient (Wildman–Crippen LogP) is 2.46. The van der Waals surface area contributed by atoms with E-state index in [1.807, 2.05) is 13.8 Å². The molecule has 2 aromatic heterocycles. The number of nitrogens with two attached hydrogens (primary N) is 1. The van der Waals surface area contributed by atoms with Gasteiger partial charge in [0.15, 0.2) is 5.58 Å². The number of nitrogens with zero attached hydrogens (tertiary/aromatic N) is 2. The highest BCUT2D eigenvalue weighted by atomic mass is 32.2. The number of oxazole rings is 1. The first kappa shape index (κ1) is 14.0. The van der Waals surface area contributed by atoms with Gasteiger partial charge < -0.3 is 10.2 Å². The van der Waals surface area contributed by atoms with E-state index >= 15 is 0 Å². The Bertz CT molecular complexity index is 906. The quantitative estimate of drug-likeness (QED) is 0.743. The van der Waals surface area contributed by atoms with Crippen LogP contribution in [0.4, 0.5) is 5.69 Å². The van der Waals surface area contributed by atoms with Crippen molar-refractivity contribution >= 4 is 38.0 Å². The highest BCUT2D eigenvalue weighted by molar-refractivity contribution is 7.90. The van der Waals surface area contributed by atoms with Crippen LogP contribution in [-0.2, 0) is 15.6 Å². The van der Waals surface area contributed by atoms with E-state index in [0.717, 1.165) is 10.6 Å². The van der Waals surface area contributed by atoms with E-state index in [1.54, 1.807) is 18.2 Å². The van der Waals surface area contributed by atoms with Gasteiger partial charge >= 0.3 is 5.22 Å². The molecule has 6 nitrogen and oxygen atoms in total. The summed E-state index contributed by atoms with van der Waals surface area (Å²) >= 11 is 1.37. The average molecular weight is 323 g/mol. The summed E-state index contributed by atoms with van der Waals surface area (Å²) < 4.78 is 30.0. The summed E-state index contributed by atoms with van der Waals surface area (Å²) in [5, 5.41) is 0.236. The van der Waals surface area contributed by atoms with Gasteiger partial charge in [-0.2, -0.15) is 4.98 Å². The van der Waals surface area contributed by atoms with Crippen LogP contribution in [0.5, 0.6) is 0 Å². The van der Waals surface area contributed by atoms with Gasteiger partial charge in [-0.3, -0.25) is 0 Å². The number of aryl methyl sites for hydroxylation is 2. The molecule has 0 amide bonds. The van der Waals surface area contributed by atoms with E-state index in [0.29, 0.717) is 21.8 Å². The molecule has 0 fully saturated rings. The zero-order chi connectivity index (χ0) is 15.2. The first-order chi connectivity index (χ1) is 9.85. The molecule has 0 atom stereocenters. The van der Waals surface area contributed by atoms with Gasteiger partial charge in [0.05, 0.1) is 5.69 Å². The van der Waals surface area contributed by atoms with E-state index < -0.39 is 9.84 Å². The minimum atomic E-state index is -3.66. The maximum Gasteiger partial charge on any atom is 0.316 e. The normalized spacial score (nSPS) is 12.1. The highest BCUT2D eigenvalue weighted by Gasteiger charge is 2.24. The zero-order valence-corrected chi connectivity index (χ0v) is 13.1. The number of anilines is 1. The molecule has 8 heteroatoms. The molecule has 0 spiro atoms. The maximum absolute atomic E-state index is 12.4. The number of aromatic nitrogens is 2. The molecular formula is C13H13N3O3S2. The van der Waals surface area contributed by atoms with Crippen LogP contribution in [-0.4, -0.2) is 18.4 Å². The lowest BCUT2D eigenvalue weighted by molar-refractivity contribution is 0.458. The predicted molar refractivity (Wildman–Crippen MR) is 80.9 cm³/mol. The second-order valence-corrected chi connectivity index (χ2v) is 7.87. The summed E-state index contributed by atoms with van der Waals surface area (Å²) in [6.45, 7) is 3.76. The fourth-order valence-corrected chi connectivity index (χ4v) is 4.28. The lowest BCUT2D eigenvalue weighted by atomic mass is 10.3. The summed E-state index contributed by atoms with van der Waals surface area (Å²) in [7, 11) is -3.66. The first-order valence-corrected chi connectivity index (χ1v) is 8.64. The van der Waals surface area contributed by atoms with Crippen LogP contribution in [0.25, 0.3) is 11.1 Å². The summed E-state index contributed by atoms with van der Waals surface area (Å²) in [6, 6.07) is 4.82. The molecule has 1 aromatic carbocycles. The fraction of sp³-hybridized carbons (Fsp3) is 0.231. The monoisotopic (exact) mass is 323 g/mol. The smallest absolute Gasteiger partial charge is 0.316 e. The van der Waals surface area contributed by atoms with Crippen LogP contribution < -0.4 is 5.73 Å². The highest BCUT2D eigenvalue weighted by Crippen LogP contribution is 2.25. The largest absolute Gasteiger partial charge is 0.428 e. The van der Waals surface area contributed by atoms with E-state index in [-0.39, 0.29) is 11.0 Å². The number of hydrogen-bond acceptors (Lipinski definition) is 7. The van der Waals surface area contributed by atoms with E-state index in [1.165, 1.54) is 11.3 Å². The van der Waals surface area contributed by atoms with Gasteiger partial charge in [-0.15, -0.1) is 11.3 Å². The Morgan fingerprint density at radius 3 is 2.71 bits per heavy atom. The van der Waals surface area contributed by atoms with Crippen molar-refractivity contribution in [3.05, 3.63) is 33.8 Å². The second-order valence-electron chi connectivity index (χ2n) is 4.72. The summed E-state index contributed by atoms with van der Waals surface area (Å²) in [5.74, 6) is -0.214. The van der Waals surface area contributed by atoms with E-state index in [2.05, 4.69) is 9.97 Å². The molecule has 21 heavy (non-hydrogen) atoms. The van der Waals surface area contributed by atoms with Crippen molar-refractivity contribution in [3.63, 3.8) is 0 Å². The van der Waals surface area contributed by atoms with Gasteiger partial charge in [0.25, 0.3) is 0 Å². The van der Waals surface area contributed by atoms with Gasteiger partial charge in [-0.1, -0.05) is 0 Å². The van der Waals surface area contributed by atoms with Crippen LogP contribution in [0, 0.1) is 13.8 Å². The minimum Gasteiger partial charge on any atom is -0.428 e.